The van der Waals surface area contributed by atoms with E-state index in [-0.39, 0.29) is 30.3 Å². The normalized spacial score (nSPS) is 30.7. The molecule has 2 unspecified atom stereocenters. The van der Waals surface area contributed by atoms with Gasteiger partial charge in [0.15, 0.2) is 0 Å². The lowest BCUT2D eigenvalue weighted by Crippen LogP contribution is -2.47. The van der Waals surface area contributed by atoms with Gasteiger partial charge in [0.25, 0.3) is 0 Å². The molecule has 2 saturated carbocycles. The third-order valence-electron chi connectivity index (χ3n) is 6.06. The number of carbonyl (C=O) groups is 3. The van der Waals surface area contributed by atoms with Crippen molar-refractivity contribution < 1.29 is 14.4 Å². The molecule has 0 bridgehead atoms. The molecule has 1 aliphatic heterocycles. The summed E-state index contributed by atoms with van der Waals surface area (Å²) in [4.78, 5) is 38.5. The predicted molar refractivity (Wildman–Crippen MR) is 86.4 cm³/mol. The highest BCUT2D eigenvalue weighted by atomic mass is 16.2. The molecule has 1 saturated heterocycles. The van der Waals surface area contributed by atoms with Gasteiger partial charge in [-0.15, -0.1) is 0 Å². The quantitative estimate of drug-likeness (QED) is 0.812. The van der Waals surface area contributed by atoms with E-state index in [4.69, 9.17) is 0 Å². The molecule has 3 fully saturated rings. The van der Waals surface area contributed by atoms with E-state index in [2.05, 4.69) is 12.2 Å². The van der Waals surface area contributed by atoms with Crippen molar-refractivity contribution in [3.05, 3.63) is 0 Å². The molecule has 0 aromatic carbocycles. The average Bonchev–Trinajstić information content (AvgIpc) is 2.75. The number of nitrogens with zero attached hydrogens (tertiary/aromatic N) is 1. The molecule has 1 spiro atoms. The van der Waals surface area contributed by atoms with Crippen molar-refractivity contribution in [2.24, 2.45) is 11.3 Å². The fraction of sp³-hybridized carbons (Fsp3) is 0.833. The van der Waals surface area contributed by atoms with Crippen LogP contribution in [0.5, 0.6) is 0 Å². The van der Waals surface area contributed by atoms with Crippen LogP contribution in [0.2, 0.25) is 0 Å². The molecule has 2 atom stereocenters. The standard InChI is InChI=1S/C18H28N2O3/c1-13-7-3-4-8-14(13)19-15(21)12-20-16(22)11-18(17(20)23)9-5-2-6-10-18/h13-14H,2-12H2,1H3,(H,19,21). The van der Waals surface area contributed by atoms with Crippen molar-refractivity contribution in [2.75, 3.05) is 6.54 Å². The van der Waals surface area contributed by atoms with Gasteiger partial charge in [0.2, 0.25) is 17.7 Å². The highest BCUT2D eigenvalue weighted by molar-refractivity contribution is 6.08. The molecule has 1 N–H and O–H groups in total. The van der Waals surface area contributed by atoms with E-state index in [0.717, 1.165) is 51.4 Å². The summed E-state index contributed by atoms with van der Waals surface area (Å²) >= 11 is 0. The minimum Gasteiger partial charge on any atom is -0.352 e. The fourth-order valence-corrected chi connectivity index (χ4v) is 4.57. The first-order valence-corrected chi connectivity index (χ1v) is 9.16. The Bertz CT molecular complexity index is 496. The fourth-order valence-electron chi connectivity index (χ4n) is 4.57. The van der Waals surface area contributed by atoms with Crippen LogP contribution in [0.25, 0.3) is 0 Å². The summed E-state index contributed by atoms with van der Waals surface area (Å²) < 4.78 is 0. The minimum absolute atomic E-state index is 0.0946. The summed E-state index contributed by atoms with van der Waals surface area (Å²) in [6.07, 6.45) is 9.57. The lowest BCUT2D eigenvalue weighted by atomic mass is 9.73. The Morgan fingerprint density at radius 3 is 2.52 bits per heavy atom. The van der Waals surface area contributed by atoms with E-state index < -0.39 is 5.41 Å². The summed E-state index contributed by atoms with van der Waals surface area (Å²) in [5.74, 6) is 0.0264. The molecule has 0 aromatic heterocycles. The van der Waals surface area contributed by atoms with Crippen molar-refractivity contribution in [3.8, 4) is 0 Å². The first kappa shape index (κ1) is 16.5. The van der Waals surface area contributed by atoms with Gasteiger partial charge < -0.3 is 5.32 Å². The number of hydrogen-bond acceptors (Lipinski definition) is 3. The maximum absolute atomic E-state index is 12.7. The van der Waals surface area contributed by atoms with E-state index in [1.807, 2.05) is 0 Å². The smallest absolute Gasteiger partial charge is 0.240 e. The Morgan fingerprint density at radius 1 is 1.13 bits per heavy atom. The van der Waals surface area contributed by atoms with Gasteiger partial charge in [0, 0.05) is 12.5 Å². The number of rotatable bonds is 3. The van der Waals surface area contributed by atoms with E-state index in [9.17, 15) is 14.4 Å². The largest absolute Gasteiger partial charge is 0.352 e. The molecule has 3 rings (SSSR count). The van der Waals surface area contributed by atoms with Crippen LogP contribution in [0.1, 0.15) is 71.1 Å². The number of likely N-dealkylation sites (tertiary alicyclic amines) is 1. The number of nitrogens with one attached hydrogen (secondary N) is 1. The van der Waals surface area contributed by atoms with E-state index in [1.165, 1.54) is 11.3 Å². The van der Waals surface area contributed by atoms with Gasteiger partial charge in [0.1, 0.15) is 6.54 Å². The molecule has 3 amide bonds. The van der Waals surface area contributed by atoms with Crippen LogP contribution in [0.3, 0.4) is 0 Å². The third kappa shape index (κ3) is 3.29. The van der Waals surface area contributed by atoms with Crippen LogP contribution in [0.15, 0.2) is 0 Å². The Morgan fingerprint density at radius 2 is 1.83 bits per heavy atom. The topological polar surface area (TPSA) is 66.5 Å². The number of imide groups is 1. The number of carbonyl (C=O) groups excluding carboxylic acids is 3. The zero-order valence-corrected chi connectivity index (χ0v) is 14.1. The van der Waals surface area contributed by atoms with Gasteiger partial charge in [-0.25, -0.2) is 0 Å². The summed E-state index contributed by atoms with van der Waals surface area (Å²) in [6, 6.07) is 0.188. The highest BCUT2D eigenvalue weighted by Gasteiger charge is 2.51. The van der Waals surface area contributed by atoms with E-state index >= 15 is 0 Å². The average molecular weight is 320 g/mol. The predicted octanol–water partition coefficient (Wildman–Crippen LogP) is 2.39. The van der Waals surface area contributed by atoms with Crippen LogP contribution in [-0.2, 0) is 14.4 Å². The maximum atomic E-state index is 12.7. The Kier molecular flexibility index (Phi) is 4.74. The molecule has 1 heterocycles. The molecule has 5 heteroatoms. The highest BCUT2D eigenvalue weighted by Crippen LogP contribution is 2.45. The molecule has 23 heavy (non-hydrogen) atoms. The Hall–Kier alpha value is -1.39. The summed E-state index contributed by atoms with van der Waals surface area (Å²) in [6.45, 7) is 2.07. The Labute approximate surface area is 138 Å². The van der Waals surface area contributed by atoms with Gasteiger partial charge in [-0.1, -0.05) is 39.0 Å². The monoisotopic (exact) mass is 320 g/mol. The van der Waals surface area contributed by atoms with Crippen LogP contribution in [-0.4, -0.2) is 35.2 Å². The van der Waals surface area contributed by atoms with Crippen LogP contribution < -0.4 is 5.32 Å². The Balaban J connectivity index is 1.59. The minimum atomic E-state index is -0.492. The maximum Gasteiger partial charge on any atom is 0.240 e. The van der Waals surface area contributed by atoms with Gasteiger partial charge in [-0.2, -0.15) is 0 Å². The SMILES string of the molecule is CC1CCCCC1NC(=O)CN1C(=O)CC2(CCCCC2)C1=O. The second-order valence-corrected chi connectivity index (χ2v) is 7.74. The zero-order chi connectivity index (χ0) is 16.4. The summed E-state index contributed by atoms with van der Waals surface area (Å²) in [7, 11) is 0. The zero-order valence-electron chi connectivity index (χ0n) is 14.1. The second-order valence-electron chi connectivity index (χ2n) is 7.74. The van der Waals surface area contributed by atoms with Gasteiger partial charge in [-0.05, 0) is 31.6 Å². The third-order valence-corrected chi connectivity index (χ3v) is 6.06. The van der Waals surface area contributed by atoms with Crippen molar-refractivity contribution in [2.45, 2.75) is 77.2 Å². The molecule has 5 nitrogen and oxygen atoms in total. The van der Waals surface area contributed by atoms with Gasteiger partial charge in [-0.3, -0.25) is 19.3 Å². The number of amides is 3. The van der Waals surface area contributed by atoms with Crippen LogP contribution in [0, 0.1) is 11.3 Å². The molecule has 0 aromatic rings. The summed E-state index contributed by atoms with van der Waals surface area (Å²) in [5.41, 5.74) is -0.492. The number of hydrogen-bond donors (Lipinski definition) is 1. The molecule has 0 radical (unpaired) electrons. The lowest BCUT2D eigenvalue weighted by molar-refractivity contribution is -0.145. The first-order valence-electron chi connectivity index (χ1n) is 9.16. The van der Waals surface area contributed by atoms with Crippen LogP contribution in [0.4, 0.5) is 0 Å². The molecular formula is C18H28N2O3. The van der Waals surface area contributed by atoms with Gasteiger partial charge in [0.05, 0.1) is 5.41 Å². The molecular weight excluding hydrogens is 292 g/mol. The lowest BCUT2D eigenvalue weighted by Gasteiger charge is -2.31. The second kappa shape index (κ2) is 6.62. The van der Waals surface area contributed by atoms with Crippen molar-refractivity contribution in [1.82, 2.24) is 10.2 Å². The van der Waals surface area contributed by atoms with Crippen molar-refractivity contribution in [1.29, 1.82) is 0 Å². The van der Waals surface area contributed by atoms with Gasteiger partial charge >= 0.3 is 0 Å². The van der Waals surface area contributed by atoms with E-state index in [0.29, 0.717) is 12.3 Å². The van der Waals surface area contributed by atoms with Crippen molar-refractivity contribution >= 4 is 17.7 Å². The first-order chi connectivity index (χ1) is 11.0. The van der Waals surface area contributed by atoms with E-state index in [1.54, 1.807) is 0 Å². The van der Waals surface area contributed by atoms with Crippen molar-refractivity contribution in [3.63, 3.8) is 0 Å². The molecule has 2 aliphatic carbocycles. The molecule has 128 valence electrons. The summed E-state index contributed by atoms with van der Waals surface area (Å²) in [5, 5.41) is 3.04. The van der Waals surface area contributed by atoms with Crippen LogP contribution >= 0.6 is 0 Å². The molecule has 3 aliphatic rings.